The molecular weight excluding hydrogens is 234 g/mol. The summed E-state index contributed by atoms with van der Waals surface area (Å²) in [6, 6.07) is 5.61. The van der Waals surface area contributed by atoms with Gasteiger partial charge in [-0.3, -0.25) is 14.3 Å². The predicted molar refractivity (Wildman–Crippen MR) is 67.7 cm³/mol. The smallest absolute Gasteiger partial charge is 0.274 e. The van der Waals surface area contributed by atoms with Crippen LogP contribution in [0.3, 0.4) is 0 Å². The topological polar surface area (TPSA) is 47.8 Å². The Balaban J connectivity index is 2.27. The monoisotopic (exact) mass is 243 g/mol. The first kappa shape index (κ1) is 10.2. The maximum Gasteiger partial charge on any atom is 0.274 e. The van der Waals surface area contributed by atoms with Crippen LogP contribution in [0.2, 0.25) is 0 Å². The Bertz CT molecular complexity index is 727. The molecule has 0 aliphatic rings. The van der Waals surface area contributed by atoms with Gasteiger partial charge in [-0.1, -0.05) is 0 Å². The lowest BCUT2D eigenvalue weighted by Crippen LogP contribution is -2.16. The summed E-state index contributed by atoms with van der Waals surface area (Å²) in [6.07, 6.45) is 3.43. The molecule has 84 valence electrons. The van der Waals surface area contributed by atoms with Crippen molar-refractivity contribution >= 4 is 21.6 Å². The van der Waals surface area contributed by atoms with Crippen molar-refractivity contribution in [2.45, 2.75) is 6.92 Å². The van der Waals surface area contributed by atoms with Gasteiger partial charge in [-0.05, 0) is 25.1 Å². The molecule has 3 aromatic rings. The number of rotatable bonds is 1. The number of aromatic nitrogens is 3. The van der Waals surface area contributed by atoms with Crippen molar-refractivity contribution in [3.8, 4) is 5.69 Å². The molecule has 0 aliphatic heterocycles. The van der Waals surface area contributed by atoms with Gasteiger partial charge in [0.05, 0.1) is 22.9 Å². The van der Waals surface area contributed by atoms with Crippen molar-refractivity contribution in [1.82, 2.24) is 14.5 Å². The van der Waals surface area contributed by atoms with Gasteiger partial charge in [-0.25, -0.2) is 4.98 Å². The molecule has 3 rings (SSSR count). The zero-order chi connectivity index (χ0) is 11.8. The molecule has 0 saturated carbocycles. The lowest BCUT2D eigenvalue weighted by Gasteiger charge is -2.04. The van der Waals surface area contributed by atoms with Crippen LogP contribution in [0.15, 0.2) is 40.9 Å². The maximum absolute atomic E-state index is 12.2. The summed E-state index contributed by atoms with van der Waals surface area (Å²) >= 11 is 1.36. The number of pyridine rings is 2. The van der Waals surface area contributed by atoms with Crippen molar-refractivity contribution in [3.63, 3.8) is 0 Å². The quantitative estimate of drug-likeness (QED) is 0.658. The van der Waals surface area contributed by atoms with Crippen LogP contribution in [0.1, 0.15) is 5.69 Å². The van der Waals surface area contributed by atoms with Gasteiger partial charge in [0.15, 0.2) is 0 Å². The highest BCUT2D eigenvalue weighted by Gasteiger charge is 2.06. The van der Waals surface area contributed by atoms with Crippen LogP contribution in [0.5, 0.6) is 0 Å². The molecule has 0 aromatic carbocycles. The van der Waals surface area contributed by atoms with Crippen LogP contribution in [0, 0.1) is 6.92 Å². The van der Waals surface area contributed by atoms with Gasteiger partial charge in [0.25, 0.3) is 5.56 Å². The average molecular weight is 243 g/mol. The third-order valence-corrected chi connectivity index (χ3v) is 3.39. The van der Waals surface area contributed by atoms with E-state index in [1.165, 1.54) is 11.3 Å². The Kier molecular flexibility index (Phi) is 2.26. The number of thiazole rings is 1. The molecule has 0 spiro atoms. The van der Waals surface area contributed by atoms with E-state index in [1.807, 2.05) is 25.1 Å². The number of fused-ring (bicyclic) bond motifs is 1. The predicted octanol–water partition coefficient (Wildman–Crippen LogP) is 2.15. The van der Waals surface area contributed by atoms with Gasteiger partial charge in [0, 0.05) is 11.9 Å². The van der Waals surface area contributed by atoms with E-state index >= 15 is 0 Å². The van der Waals surface area contributed by atoms with Gasteiger partial charge in [-0.15, -0.1) is 11.3 Å². The van der Waals surface area contributed by atoms with E-state index in [-0.39, 0.29) is 5.56 Å². The second-order valence-electron chi connectivity index (χ2n) is 3.72. The summed E-state index contributed by atoms with van der Waals surface area (Å²) < 4.78 is 2.26. The van der Waals surface area contributed by atoms with Crippen molar-refractivity contribution in [2.24, 2.45) is 0 Å². The van der Waals surface area contributed by atoms with Gasteiger partial charge >= 0.3 is 0 Å². The zero-order valence-electron chi connectivity index (χ0n) is 9.12. The second kappa shape index (κ2) is 3.78. The SMILES string of the molecule is Cc1ccc(-n2ccc3ncsc3c2=O)cn1. The summed E-state index contributed by atoms with van der Waals surface area (Å²) in [5, 5.41) is 0. The lowest BCUT2D eigenvalue weighted by atomic mass is 10.3. The first-order chi connectivity index (χ1) is 8.25. The van der Waals surface area contributed by atoms with E-state index in [0.717, 1.165) is 16.9 Å². The van der Waals surface area contributed by atoms with Crippen LogP contribution >= 0.6 is 11.3 Å². The summed E-state index contributed by atoms with van der Waals surface area (Å²) in [5.41, 5.74) is 4.09. The summed E-state index contributed by atoms with van der Waals surface area (Å²) in [7, 11) is 0. The highest BCUT2D eigenvalue weighted by atomic mass is 32.1. The fourth-order valence-corrected chi connectivity index (χ4v) is 2.37. The van der Waals surface area contributed by atoms with Gasteiger partial charge in [-0.2, -0.15) is 0 Å². The minimum atomic E-state index is -0.0457. The molecular formula is C12H9N3OS. The van der Waals surface area contributed by atoms with E-state index in [1.54, 1.807) is 22.5 Å². The summed E-state index contributed by atoms with van der Waals surface area (Å²) in [6.45, 7) is 1.92. The normalized spacial score (nSPS) is 10.9. The molecule has 0 amide bonds. The number of aryl methyl sites for hydroxylation is 1. The molecule has 3 aromatic heterocycles. The number of nitrogens with zero attached hydrogens (tertiary/aromatic N) is 3. The second-order valence-corrected chi connectivity index (χ2v) is 4.57. The highest BCUT2D eigenvalue weighted by Crippen LogP contribution is 2.14. The molecule has 0 fully saturated rings. The Labute approximate surface area is 101 Å². The van der Waals surface area contributed by atoms with E-state index in [2.05, 4.69) is 9.97 Å². The van der Waals surface area contributed by atoms with E-state index < -0.39 is 0 Å². The molecule has 3 heterocycles. The Hall–Kier alpha value is -2.01. The Morgan fingerprint density at radius 3 is 2.88 bits per heavy atom. The third-order valence-electron chi connectivity index (χ3n) is 2.56. The van der Waals surface area contributed by atoms with Crippen molar-refractivity contribution in [2.75, 3.05) is 0 Å². The minimum Gasteiger partial charge on any atom is -0.281 e. The molecule has 0 atom stereocenters. The maximum atomic E-state index is 12.2. The van der Waals surface area contributed by atoms with Crippen LogP contribution < -0.4 is 5.56 Å². The molecule has 0 aliphatic carbocycles. The Morgan fingerprint density at radius 2 is 2.12 bits per heavy atom. The average Bonchev–Trinajstić information content (AvgIpc) is 2.80. The van der Waals surface area contributed by atoms with E-state index in [9.17, 15) is 4.79 Å². The van der Waals surface area contributed by atoms with Crippen molar-refractivity contribution in [1.29, 1.82) is 0 Å². The minimum absolute atomic E-state index is 0.0457. The molecule has 0 saturated heterocycles. The van der Waals surface area contributed by atoms with Gasteiger partial charge < -0.3 is 0 Å². The molecule has 0 radical (unpaired) electrons. The van der Waals surface area contributed by atoms with Crippen LogP contribution in [-0.2, 0) is 0 Å². The number of hydrogen-bond donors (Lipinski definition) is 0. The van der Waals surface area contributed by atoms with E-state index in [0.29, 0.717) is 4.70 Å². The molecule has 0 unspecified atom stereocenters. The first-order valence-corrected chi connectivity index (χ1v) is 6.01. The molecule has 0 bridgehead atoms. The van der Waals surface area contributed by atoms with Crippen molar-refractivity contribution < 1.29 is 0 Å². The van der Waals surface area contributed by atoms with Crippen LogP contribution in [-0.4, -0.2) is 14.5 Å². The lowest BCUT2D eigenvalue weighted by molar-refractivity contribution is 0.989. The fraction of sp³-hybridized carbons (Fsp3) is 0.0833. The van der Waals surface area contributed by atoms with E-state index in [4.69, 9.17) is 0 Å². The van der Waals surface area contributed by atoms with Crippen LogP contribution in [0.25, 0.3) is 15.9 Å². The number of hydrogen-bond acceptors (Lipinski definition) is 4. The highest BCUT2D eigenvalue weighted by molar-refractivity contribution is 7.16. The third kappa shape index (κ3) is 1.64. The van der Waals surface area contributed by atoms with Crippen LogP contribution in [0.4, 0.5) is 0 Å². The fourth-order valence-electron chi connectivity index (χ4n) is 1.66. The molecule has 0 N–H and O–H groups in total. The molecule has 5 heteroatoms. The Morgan fingerprint density at radius 1 is 1.24 bits per heavy atom. The van der Waals surface area contributed by atoms with Gasteiger partial charge in [0.1, 0.15) is 4.70 Å². The zero-order valence-corrected chi connectivity index (χ0v) is 9.94. The standard InChI is InChI=1S/C12H9N3OS/c1-8-2-3-9(6-13-8)15-5-4-10-11(12(15)16)17-7-14-10/h2-7H,1H3. The summed E-state index contributed by atoms with van der Waals surface area (Å²) in [5.74, 6) is 0. The molecule has 4 nitrogen and oxygen atoms in total. The van der Waals surface area contributed by atoms with Crippen molar-refractivity contribution in [3.05, 3.63) is 52.2 Å². The summed E-state index contributed by atoms with van der Waals surface area (Å²) in [4.78, 5) is 20.5. The largest absolute Gasteiger partial charge is 0.281 e. The van der Waals surface area contributed by atoms with Gasteiger partial charge in [0.2, 0.25) is 0 Å². The molecule has 17 heavy (non-hydrogen) atoms. The first-order valence-electron chi connectivity index (χ1n) is 5.13.